The molecule has 1 fully saturated rings. The fraction of sp³-hybridized carbons (Fsp3) is 0.688. The Morgan fingerprint density at radius 3 is 2.58 bits per heavy atom. The van der Waals surface area contributed by atoms with Crippen LogP contribution in [0.4, 0.5) is 0 Å². The molecule has 1 aromatic heterocycles. The first-order valence-corrected chi connectivity index (χ1v) is 8.26. The van der Waals surface area contributed by atoms with Gasteiger partial charge in [0.15, 0.2) is 0 Å². The first kappa shape index (κ1) is 18.4. The van der Waals surface area contributed by atoms with Crippen LogP contribution in [-0.2, 0) is 27.8 Å². The molecule has 2 aliphatic rings. The Kier molecular flexibility index (Phi) is 6.74. The Labute approximate surface area is 141 Å². The van der Waals surface area contributed by atoms with Gasteiger partial charge in [-0.05, 0) is 43.7 Å². The van der Waals surface area contributed by atoms with Gasteiger partial charge in [-0.1, -0.05) is 0 Å². The van der Waals surface area contributed by atoms with Gasteiger partial charge in [0, 0.05) is 25.8 Å². The number of carboxylic acids is 2. The van der Waals surface area contributed by atoms with Gasteiger partial charge in [-0.3, -0.25) is 9.58 Å². The highest BCUT2D eigenvalue weighted by Crippen LogP contribution is 2.33. The number of carboxylic acid groups (broad SMARTS) is 2. The lowest BCUT2D eigenvalue weighted by molar-refractivity contribution is -0.159. The maximum absolute atomic E-state index is 9.10. The molecule has 1 atom stereocenters. The molecule has 8 nitrogen and oxygen atoms in total. The number of aliphatic carboxylic acids is 2. The predicted molar refractivity (Wildman–Crippen MR) is 86.0 cm³/mol. The molecule has 0 saturated carbocycles. The Hall–Kier alpha value is -1.93. The second-order valence-electron chi connectivity index (χ2n) is 6.11. The molecular formula is C16H25N3O5. The predicted octanol–water partition coefficient (Wildman–Crippen LogP) is 0.718. The van der Waals surface area contributed by atoms with Crippen LogP contribution in [0.3, 0.4) is 0 Å². The molecule has 1 aliphatic carbocycles. The zero-order chi connectivity index (χ0) is 17.5. The molecule has 0 aromatic carbocycles. The standard InChI is InChI=1S/C14H23N3O.C2H2O4/c1-16-14-4-2-3-12(13(14)11-15-16)5-6-17-7-9-18-10-8-17;3-1(4)2(5)6/h11-12H,2-10H2,1H3;(H,3,4)(H,5,6). The molecule has 1 aliphatic heterocycles. The number of morpholine rings is 1. The van der Waals surface area contributed by atoms with E-state index in [4.69, 9.17) is 24.5 Å². The van der Waals surface area contributed by atoms with Gasteiger partial charge < -0.3 is 14.9 Å². The maximum atomic E-state index is 9.10. The number of carbonyl (C=O) groups is 2. The summed E-state index contributed by atoms with van der Waals surface area (Å²) in [6, 6.07) is 0. The molecule has 0 bridgehead atoms. The van der Waals surface area contributed by atoms with Gasteiger partial charge >= 0.3 is 11.9 Å². The van der Waals surface area contributed by atoms with Crippen molar-refractivity contribution in [2.24, 2.45) is 7.05 Å². The summed E-state index contributed by atoms with van der Waals surface area (Å²) in [5.74, 6) is -2.92. The molecule has 1 saturated heterocycles. The van der Waals surface area contributed by atoms with E-state index < -0.39 is 11.9 Å². The third-order valence-corrected chi connectivity index (χ3v) is 4.58. The van der Waals surface area contributed by atoms with E-state index in [1.807, 2.05) is 0 Å². The highest BCUT2D eigenvalue weighted by molar-refractivity contribution is 6.27. The summed E-state index contributed by atoms with van der Waals surface area (Å²) < 4.78 is 7.46. The average molecular weight is 339 g/mol. The number of nitrogens with zero attached hydrogens (tertiary/aromatic N) is 3. The summed E-state index contributed by atoms with van der Waals surface area (Å²) in [5.41, 5.74) is 2.98. The summed E-state index contributed by atoms with van der Waals surface area (Å²) in [6.07, 6.45) is 7.24. The summed E-state index contributed by atoms with van der Waals surface area (Å²) in [5, 5.41) is 19.2. The Bertz CT molecular complexity index is 554. The van der Waals surface area contributed by atoms with Crippen LogP contribution in [0.5, 0.6) is 0 Å². The Morgan fingerprint density at radius 1 is 1.29 bits per heavy atom. The molecule has 1 unspecified atom stereocenters. The van der Waals surface area contributed by atoms with Crippen molar-refractivity contribution in [3.05, 3.63) is 17.5 Å². The van der Waals surface area contributed by atoms with Gasteiger partial charge in [-0.2, -0.15) is 5.10 Å². The Morgan fingerprint density at radius 2 is 1.96 bits per heavy atom. The third-order valence-electron chi connectivity index (χ3n) is 4.58. The normalized spacial score (nSPS) is 20.6. The second kappa shape index (κ2) is 8.79. The van der Waals surface area contributed by atoms with Crippen LogP contribution in [-0.4, -0.2) is 69.7 Å². The molecule has 1 aromatic rings. The minimum absolute atomic E-state index is 0.727. The van der Waals surface area contributed by atoms with Crippen molar-refractivity contribution in [1.29, 1.82) is 0 Å². The molecule has 24 heavy (non-hydrogen) atoms. The van der Waals surface area contributed by atoms with Crippen molar-refractivity contribution in [2.45, 2.75) is 31.6 Å². The summed E-state index contributed by atoms with van der Waals surface area (Å²) in [6.45, 7) is 5.23. The molecule has 8 heteroatoms. The number of aromatic nitrogens is 2. The van der Waals surface area contributed by atoms with E-state index in [1.165, 1.54) is 43.5 Å². The number of fused-ring (bicyclic) bond motifs is 1. The lowest BCUT2D eigenvalue weighted by Gasteiger charge is -2.29. The maximum Gasteiger partial charge on any atom is 0.414 e. The van der Waals surface area contributed by atoms with E-state index in [2.05, 4.69) is 27.9 Å². The summed E-state index contributed by atoms with van der Waals surface area (Å²) in [4.78, 5) is 20.7. The molecular weight excluding hydrogens is 314 g/mol. The van der Waals surface area contributed by atoms with E-state index in [0.717, 1.165) is 32.2 Å². The van der Waals surface area contributed by atoms with Gasteiger partial charge in [0.2, 0.25) is 0 Å². The number of ether oxygens (including phenoxy) is 1. The average Bonchev–Trinajstić information content (AvgIpc) is 2.96. The second-order valence-corrected chi connectivity index (χ2v) is 6.11. The van der Waals surface area contributed by atoms with Crippen molar-refractivity contribution >= 4 is 11.9 Å². The van der Waals surface area contributed by atoms with Crippen LogP contribution in [0.1, 0.15) is 36.4 Å². The molecule has 2 heterocycles. The fourth-order valence-electron chi connectivity index (χ4n) is 3.26. The summed E-state index contributed by atoms with van der Waals surface area (Å²) >= 11 is 0. The number of hydrogen-bond acceptors (Lipinski definition) is 5. The first-order chi connectivity index (χ1) is 11.5. The van der Waals surface area contributed by atoms with E-state index in [9.17, 15) is 0 Å². The first-order valence-electron chi connectivity index (χ1n) is 8.26. The smallest absolute Gasteiger partial charge is 0.414 e. The number of rotatable bonds is 3. The number of aryl methyl sites for hydroxylation is 1. The van der Waals surface area contributed by atoms with Crippen molar-refractivity contribution in [3.63, 3.8) is 0 Å². The van der Waals surface area contributed by atoms with Crippen LogP contribution in [0.15, 0.2) is 6.20 Å². The third kappa shape index (κ3) is 5.04. The van der Waals surface area contributed by atoms with Crippen LogP contribution in [0.2, 0.25) is 0 Å². The van der Waals surface area contributed by atoms with Crippen LogP contribution in [0.25, 0.3) is 0 Å². The molecule has 0 spiro atoms. The van der Waals surface area contributed by atoms with Crippen molar-refractivity contribution < 1.29 is 24.5 Å². The lowest BCUT2D eigenvalue weighted by atomic mass is 9.85. The highest BCUT2D eigenvalue weighted by atomic mass is 16.5. The van der Waals surface area contributed by atoms with E-state index in [-0.39, 0.29) is 0 Å². The van der Waals surface area contributed by atoms with Crippen molar-refractivity contribution in [3.8, 4) is 0 Å². The summed E-state index contributed by atoms with van der Waals surface area (Å²) in [7, 11) is 2.07. The van der Waals surface area contributed by atoms with Gasteiger partial charge in [0.25, 0.3) is 0 Å². The lowest BCUT2D eigenvalue weighted by Crippen LogP contribution is -2.37. The molecule has 3 rings (SSSR count). The molecule has 2 N–H and O–H groups in total. The largest absolute Gasteiger partial charge is 0.473 e. The monoisotopic (exact) mass is 339 g/mol. The molecule has 134 valence electrons. The van der Waals surface area contributed by atoms with E-state index in [0.29, 0.717) is 0 Å². The minimum atomic E-state index is -1.82. The molecule has 0 amide bonds. The number of hydrogen-bond donors (Lipinski definition) is 2. The molecule has 0 radical (unpaired) electrons. The van der Waals surface area contributed by atoms with Crippen LogP contribution < -0.4 is 0 Å². The van der Waals surface area contributed by atoms with E-state index >= 15 is 0 Å². The van der Waals surface area contributed by atoms with Crippen LogP contribution in [0, 0.1) is 0 Å². The quantitative estimate of drug-likeness (QED) is 0.782. The van der Waals surface area contributed by atoms with Gasteiger partial charge in [0.1, 0.15) is 0 Å². The zero-order valence-electron chi connectivity index (χ0n) is 14.0. The van der Waals surface area contributed by atoms with Crippen molar-refractivity contribution in [1.82, 2.24) is 14.7 Å². The minimum Gasteiger partial charge on any atom is -0.473 e. The van der Waals surface area contributed by atoms with Gasteiger partial charge in [-0.25, -0.2) is 9.59 Å². The topological polar surface area (TPSA) is 105 Å². The fourth-order valence-corrected chi connectivity index (χ4v) is 3.26. The van der Waals surface area contributed by atoms with Gasteiger partial charge in [0.05, 0.1) is 19.4 Å². The van der Waals surface area contributed by atoms with Gasteiger partial charge in [-0.15, -0.1) is 0 Å². The SMILES string of the molecule is Cn1ncc2c1CCCC2CCN1CCOCC1.O=C(O)C(=O)O. The van der Waals surface area contributed by atoms with E-state index in [1.54, 1.807) is 0 Å². The van der Waals surface area contributed by atoms with Crippen LogP contribution >= 0.6 is 0 Å². The highest BCUT2D eigenvalue weighted by Gasteiger charge is 2.24. The Balaban J connectivity index is 0.000000301. The van der Waals surface area contributed by atoms with Crippen molar-refractivity contribution in [2.75, 3.05) is 32.8 Å². The zero-order valence-corrected chi connectivity index (χ0v) is 14.0.